The van der Waals surface area contributed by atoms with Crippen molar-refractivity contribution in [3.8, 4) is 11.5 Å². The number of carbonyl (C=O) groups excluding carboxylic acids is 1. The molecule has 1 unspecified atom stereocenters. The second-order valence-electron chi connectivity index (χ2n) is 8.88. The number of hydrogen-bond acceptors (Lipinski definition) is 8. The van der Waals surface area contributed by atoms with Crippen LogP contribution in [0.25, 0.3) is 0 Å². The number of rotatable bonds is 2. The van der Waals surface area contributed by atoms with E-state index in [1.54, 1.807) is 7.11 Å². The minimum Gasteiger partial charge on any atom is -0.493 e. The molecule has 2 bridgehead atoms. The Hall–Kier alpha value is -2.91. The molecule has 1 spiro atoms. The van der Waals surface area contributed by atoms with Crippen LogP contribution in [0.1, 0.15) is 30.4 Å². The molecule has 162 valence electrons. The topological polar surface area (TPSA) is 98.4 Å². The molecule has 1 saturated heterocycles. The SMILES string of the molecule is COc1ccc2c3c1O[C@H]1C(=NOC(=O)n4ccnc4)CC[C@@]4(O)C(C2)N(C)CC[C@]314. The van der Waals surface area contributed by atoms with Crippen molar-refractivity contribution in [2.24, 2.45) is 5.16 Å². The van der Waals surface area contributed by atoms with Gasteiger partial charge in [0.2, 0.25) is 0 Å². The molecular formula is C22H24N4O5. The second-order valence-corrected chi connectivity index (χ2v) is 8.88. The summed E-state index contributed by atoms with van der Waals surface area (Å²) in [6.07, 6.45) is 5.72. The van der Waals surface area contributed by atoms with Gasteiger partial charge in [-0.15, -0.1) is 0 Å². The zero-order chi connectivity index (χ0) is 21.4. The maximum atomic E-state index is 12.3. The molecule has 2 aliphatic carbocycles. The first-order chi connectivity index (χ1) is 15.0. The van der Waals surface area contributed by atoms with Crippen LogP contribution in [0.4, 0.5) is 4.79 Å². The monoisotopic (exact) mass is 424 g/mol. The third-order valence-electron chi connectivity index (χ3n) is 7.71. The van der Waals surface area contributed by atoms with Crippen LogP contribution >= 0.6 is 0 Å². The molecular weight excluding hydrogens is 400 g/mol. The van der Waals surface area contributed by atoms with Gasteiger partial charge in [0.25, 0.3) is 0 Å². The predicted octanol–water partition coefficient (Wildman–Crippen LogP) is 1.72. The number of piperidine rings is 1. The van der Waals surface area contributed by atoms with Crippen LogP contribution in [0.5, 0.6) is 11.5 Å². The van der Waals surface area contributed by atoms with Crippen molar-refractivity contribution in [1.82, 2.24) is 14.5 Å². The first-order valence-corrected chi connectivity index (χ1v) is 10.6. The van der Waals surface area contributed by atoms with Crippen LogP contribution in [0.2, 0.25) is 0 Å². The lowest BCUT2D eigenvalue weighted by Crippen LogP contribution is -2.76. The van der Waals surface area contributed by atoms with Crippen molar-refractivity contribution in [2.45, 2.75) is 48.8 Å². The van der Waals surface area contributed by atoms with Gasteiger partial charge >= 0.3 is 6.09 Å². The summed E-state index contributed by atoms with van der Waals surface area (Å²) in [7, 11) is 3.70. The minimum absolute atomic E-state index is 0.00533. The van der Waals surface area contributed by atoms with E-state index in [0.29, 0.717) is 30.1 Å². The van der Waals surface area contributed by atoms with Gasteiger partial charge in [-0.3, -0.25) is 4.84 Å². The fourth-order valence-corrected chi connectivity index (χ4v) is 6.31. The molecule has 0 amide bonds. The Morgan fingerprint density at radius 3 is 3.03 bits per heavy atom. The lowest BCUT2D eigenvalue weighted by atomic mass is 9.49. The summed E-state index contributed by atoms with van der Waals surface area (Å²) in [6.45, 7) is 0.838. The van der Waals surface area contributed by atoms with Crippen molar-refractivity contribution in [1.29, 1.82) is 0 Å². The molecule has 9 heteroatoms. The van der Waals surface area contributed by atoms with Gasteiger partial charge in [-0.25, -0.2) is 14.3 Å². The number of benzene rings is 1. The fourth-order valence-electron chi connectivity index (χ4n) is 6.31. The lowest BCUT2D eigenvalue weighted by molar-refractivity contribution is -0.161. The van der Waals surface area contributed by atoms with Crippen molar-refractivity contribution < 1.29 is 24.2 Å². The Morgan fingerprint density at radius 1 is 1.39 bits per heavy atom. The van der Waals surface area contributed by atoms with Crippen LogP contribution in [-0.2, 0) is 16.7 Å². The Kier molecular flexibility index (Phi) is 3.83. The summed E-state index contributed by atoms with van der Waals surface area (Å²) >= 11 is 0. The highest BCUT2D eigenvalue weighted by Crippen LogP contribution is 2.64. The highest BCUT2D eigenvalue weighted by atomic mass is 16.7. The largest absolute Gasteiger partial charge is 0.493 e. The number of ether oxygens (including phenoxy) is 2. The van der Waals surface area contributed by atoms with Crippen molar-refractivity contribution in [2.75, 3.05) is 20.7 Å². The first kappa shape index (κ1) is 18.8. The molecule has 6 rings (SSSR count). The Balaban J connectivity index is 1.47. The number of imidazole rings is 1. The van der Waals surface area contributed by atoms with Crippen LogP contribution in [0.15, 0.2) is 36.0 Å². The smallest absolute Gasteiger partial charge is 0.445 e. The summed E-state index contributed by atoms with van der Waals surface area (Å²) in [5.74, 6) is 1.33. The number of likely N-dealkylation sites (N-methyl/N-ethyl adjacent to an activating group) is 1. The van der Waals surface area contributed by atoms with E-state index >= 15 is 0 Å². The molecule has 3 heterocycles. The highest BCUT2D eigenvalue weighted by Gasteiger charge is 2.72. The van der Waals surface area contributed by atoms with E-state index in [0.717, 1.165) is 24.9 Å². The van der Waals surface area contributed by atoms with E-state index in [2.05, 4.69) is 28.2 Å². The summed E-state index contributed by atoms with van der Waals surface area (Å²) in [6, 6.07) is 4.01. The average molecular weight is 424 g/mol. The van der Waals surface area contributed by atoms with Gasteiger partial charge in [0.1, 0.15) is 6.33 Å². The average Bonchev–Trinajstić information content (AvgIpc) is 3.41. The van der Waals surface area contributed by atoms with Crippen LogP contribution in [0.3, 0.4) is 0 Å². The number of nitrogens with zero attached hydrogens (tertiary/aromatic N) is 4. The summed E-state index contributed by atoms with van der Waals surface area (Å²) in [4.78, 5) is 23.6. The van der Waals surface area contributed by atoms with E-state index in [9.17, 15) is 9.90 Å². The standard InChI is InChI=1S/C22H24N4O5/c1-25-9-7-21-17-13-3-4-15(29-2)18(17)30-19(21)14(5-6-22(21,28)16(25)11-13)24-31-20(27)26-10-8-23-12-26/h3-4,8,10,12,16,19,28H,5-7,9,11H2,1-2H3/t16?,19-,21-,22+/m0/s1. The molecule has 1 N–H and O–H groups in total. The quantitative estimate of drug-likeness (QED) is 0.579. The Morgan fingerprint density at radius 2 is 2.26 bits per heavy atom. The summed E-state index contributed by atoms with van der Waals surface area (Å²) in [5, 5.41) is 16.4. The molecule has 2 fully saturated rings. The Bertz CT molecular complexity index is 1100. The van der Waals surface area contributed by atoms with E-state index in [4.69, 9.17) is 14.3 Å². The van der Waals surface area contributed by atoms with Crippen molar-refractivity contribution >= 4 is 11.8 Å². The number of carbonyl (C=O) groups is 1. The lowest BCUT2D eigenvalue weighted by Gasteiger charge is -2.62. The molecule has 4 atom stereocenters. The molecule has 2 aromatic rings. The van der Waals surface area contributed by atoms with E-state index < -0.39 is 23.2 Å². The summed E-state index contributed by atoms with van der Waals surface area (Å²) < 4.78 is 13.3. The molecule has 1 saturated carbocycles. The predicted molar refractivity (Wildman–Crippen MR) is 110 cm³/mol. The Labute approximate surface area is 179 Å². The number of hydrogen-bond donors (Lipinski definition) is 1. The van der Waals surface area contributed by atoms with Crippen LogP contribution in [0, 0.1) is 0 Å². The number of methoxy groups -OCH3 is 1. The molecule has 1 aromatic carbocycles. The summed E-state index contributed by atoms with van der Waals surface area (Å²) in [5.41, 5.74) is 1.25. The van der Waals surface area contributed by atoms with Gasteiger partial charge in [-0.2, -0.15) is 0 Å². The third-order valence-corrected chi connectivity index (χ3v) is 7.71. The molecule has 2 aliphatic heterocycles. The van der Waals surface area contributed by atoms with Gasteiger partial charge < -0.3 is 19.5 Å². The highest BCUT2D eigenvalue weighted by molar-refractivity contribution is 5.94. The van der Waals surface area contributed by atoms with Gasteiger partial charge in [-0.05, 0) is 50.9 Å². The molecule has 31 heavy (non-hydrogen) atoms. The van der Waals surface area contributed by atoms with Crippen LogP contribution < -0.4 is 9.47 Å². The van der Waals surface area contributed by atoms with E-state index in [1.165, 1.54) is 28.9 Å². The maximum absolute atomic E-state index is 12.3. The zero-order valence-electron chi connectivity index (χ0n) is 17.4. The molecule has 1 aromatic heterocycles. The maximum Gasteiger partial charge on any atom is 0.445 e. The van der Waals surface area contributed by atoms with Crippen molar-refractivity contribution in [3.63, 3.8) is 0 Å². The number of aliphatic hydroxyl groups is 1. The number of aromatic nitrogens is 2. The molecule has 4 aliphatic rings. The third kappa shape index (κ3) is 2.25. The zero-order valence-corrected chi connectivity index (χ0v) is 17.4. The number of likely N-dealkylation sites (tertiary alicyclic amines) is 1. The number of oxime groups is 1. The normalized spacial score (nSPS) is 34.2. The fraction of sp³-hybridized carbons (Fsp3) is 0.500. The second kappa shape index (κ2) is 6.30. The minimum atomic E-state index is -0.956. The van der Waals surface area contributed by atoms with Crippen LogP contribution in [-0.4, -0.2) is 69.8 Å². The van der Waals surface area contributed by atoms with Gasteiger partial charge in [-0.1, -0.05) is 11.2 Å². The van der Waals surface area contributed by atoms with E-state index in [-0.39, 0.29) is 6.04 Å². The van der Waals surface area contributed by atoms with E-state index in [1.807, 2.05) is 6.07 Å². The molecule has 0 radical (unpaired) electrons. The first-order valence-electron chi connectivity index (χ1n) is 10.6. The molecule has 9 nitrogen and oxygen atoms in total. The van der Waals surface area contributed by atoms with Gasteiger partial charge in [0.05, 0.1) is 23.8 Å². The van der Waals surface area contributed by atoms with Crippen molar-refractivity contribution in [3.05, 3.63) is 42.0 Å². The van der Waals surface area contributed by atoms with Gasteiger partial charge in [0, 0.05) is 24.0 Å². The van der Waals surface area contributed by atoms with Gasteiger partial charge in [0.15, 0.2) is 17.6 Å².